The number of para-hydroxylation sites is 2. The first-order chi connectivity index (χ1) is 14.6. The Balaban J connectivity index is 1.82. The number of carbonyl (C=O) groups is 2. The van der Waals surface area contributed by atoms with Gasteiger partial charge in [0.05, 0.1) is 19.1 Å². The Kier molecular flexibility index (Phi) is 6.83. The van der Waals surface area contributed by atoms with Crippen LogP contribution in [0.1, 0.15) is 29.5 Å². The number of carbonyl (C=O) groups excluding carboxylic acids is 2. The molecule has 30 heavy (non-hydrogen) atoms. The molecule has 7 heteroatoms. The van der Waals surface area contributed by atoms with E-state index in [1.165, 1.54) is 18.9 Å². The van der Waals surface area contributed by atoms with Crippen LogP contribution < -0.4 is 4.90 Å². The lowest BCUT2D eigenvalue weighted by molar-refractivity contribution is -0.126. The Labute approximate surface area is 174 Å². The zero-order valence-electron chi connectivity index (χ0n) is 16.8. The molecule has 0 N–H and O–H groups in total. The summed E-state index contributed by atoms with van der Waals surface area (Å²) in [6, 6.07) is 18.2. The molecular formula is C23H22N2O5. The van der Waals surface area contributed by atoms with Crippen LogP contribution >= 0.6 is 0 Å². The van der Waals surface area contributed by atoms with Crippen LogP contribution in [-0.4, -0.2) is 31.6 Å². The minimum Gasteiger partial charge on any atom is -0.449 e. The summed E-state index contributed by atoms with van der Waals surface area (Å²) in [5, 5.41) is 9.68. The number of ether oxygens (including phenoxy) is 2. The molecule has 3 aromatic rings. The number of hydrogen-bond acceptors (Lipinski definition) is 6. The quantitative estimate of drug-likeness (QED) is 0.524. The van der Waals surface area contributed by atoms with Crippen LogP contribution in [0.15, 0.2) is 59.0 Å². The molecule has 0 unspecified atom stereocenters. The van der Waals surface area contributed by atoms with Gasteiger partial charge in [0.2, 0.25) is 5.76 Å². The minimum atomic E-state index is -1.07. The molecule has 0 aliphatic rings. The monoisotopic (exact) mass is 406 g/mol. The van der Waals surface area contributed by atoms with Crippen LogP contribution in [0, 0.1) is 11.3 Å². The molecule has 1 atom stereocenters. The van der Waals surface area contributed by atoms with Gasteiger partial charge < -0.3 is 18.8 Å². The molecule has 1 amide bonds. The van der Waals surface area contributed by atoms with Crippen molar-refractivity contribution in [2.75, 3.05) is 18.6 Å². The summed E-state index contributed by atoms with van der Waals surface area (Å²) in [4.78, 5) is 27.2. The molecule has 0 radical (unpaired) electrons. The number of furan rings is 1. The summed E-state index contributed by atoms with van der Waals surface area (Å²) in [5.41, 5.74) is 1.74. The van der Waals surface area contributed by atoms with Crippen molar-refractivity contribution in [3.8, 4) is 6.07 Å². The molecule has 0 saturated heterocycles. The van der Waals surface area contributed by atoms with Gasteiger partial charge in [-0.15, -0.1) is 0 Å². The van der Waals surface area contributed by atoms with E-state index < -0.39 is 18.0 Å². The van der Waals surface area contributed by atoms with Crippen molar-refractivity contribution >= 4 is 28.5 Å². The predicted octanol–water partition coefficient (Wildman–Crippen LogP) is 4.07. The van der Waals surface area contributed by atoms with Crippen molar-refractivity contribution < 1.29 is 23.5 Å². The van der Waals surface area contributed by atoms with Crippen molar-refractivity contribution in [1.82, 2.24) is 0 Å². The molecule has 0 saturated carbocycles. The first kappa shape index (κ1) is 21.1. The number of rotatable bonds is 8. The normalized spacial score (nSPS) is 11.6. The molecule has 2 aromatic carbocycles. The van der Waals surface area contributed by atoms with Crippen LogP contribution in [0.25, 0.3) is 11.0 Å². The molecule has 0 fully saturated rings. The zero-order valence-corrected chi connectivity index (χ0v) is 16.8. The summed E-state index contributed by atoms with van der Waals surface area (Å²) in [7, 11) is 1.52. The molecule has 0 bridgehead atoms. The van der Waals surface area contributed by atoms with Gasteiger partial charge in [-0.3, -0.25) is 4.79 Å². The van der Waals surface area contributed by atoms with Gasteiger partial charge in [0, 0.05) is 30.3 Å². The summed E-state index contributed by atoms with van der Waals surface area (Å²) >= 11 is 0. The highest BCUT2D eigenvalue weighted by Crippen LogP contribution is 2.27. The maximum atomic E-state index is 13.0. The summed E-state index contributed by atoms with van der Waals surface area (Å²) in [6.45, 7) is 1.87. The molecule has 154 valence electrons. The van der Waals surface area contributed by atoms with Crippen molar-refractivity contribution in [2.24, 2.45) is 0 Å². The molecular weight excluding hydrogens is 384 g/mol. The fourth-order valence-electron chi connectivity index (χ4n) is 3.17. The van der Waals surface area contributed by atoms with Crippen molar-refractivity contribution in [1.29, 1.82) is 5.26 Å². The lowest BCUT2D eigenvalue weighted by Crippen LogP contribution is -2.40. The summed E-state index contributed by atoms with van der Waals surface area (Å²) in [5.74, 6) is -1.15. The van der Waals surface area contributed by atoms with Gasteiger partial charge in [0.15, 0.2) is 6.10 Å². The van der Waals surface area contributed by atoms with Crippen LogP contribution in [0.3, 0.4) is 0 Å². The van der Waals surface area contributed by atoms with Crippen LogP contribution in [0.2, 0.25) is 0 Å². The lowest BCUT2D eigenvalue weighted by atomic mass is 10.1. The molecule has 7 nitrogen and oxygen atoms in total. The van der Waals surface area contributed by atoms with Crippen molar-refractivity contribution in [3.05, 3.63) is 65.9 Å². The topological polar surface area (TPSA) is 92.8 Å². The Bertz CT molecular complexity index is 1070. The predicted molar refractivity (Wildman–Crippen MR) is 111 cm³/mol. The number of nitrogens with zero attached hydrogens (tertiary/aromatic N) is 2. The second-order valence-corrected chi connectivity index (χ2v) is 6.62. The highest BCUT2D eigenvalue weighted by Gasteiger charge is 2.28. The van der Waals surface area contributed by atoms with Gasteiger partial charge in [-0.25, -0.2) is 4.79 Å². The molecule has 0 aliphatic heterocycles. The third-order valence-corrected chi connectivity index (χ3v) is 4.59. The van der Waals surface area contributed by atoms with Crippen molar-refractivity contribution in [2.45, 2.75) is 26.1 Å². The van der Waals surface area contributed by atoms with Crippen LogP contribution in [0.4, 0.5) is 5.69 Å². The standard InChI is InChI=1S/C23H22N2O5/c1-16(22(26)25(14-8-13-24)17-9-4-3-5-10-17)29-23(27)21-19(15-28-2)18-11-6-7-12-20(18)30-21/h3-7,9-12,16H,8,14-15H2,1-2H3/t16-/m1/s1. The average Bonchev–Trinajstić information content (AvgIpc) is 3.13. The Morgan fingerprint density at radius 2 is 1.83 bits per heavy atom. The van der Waals surface area contributed by atoms with Gasteiger partial charge in [-0.05, 0) is 25.1 Å². The number of fused-ring (bicyclic) bond motifs is 1. The minimum absolute atomic E-state index is 0.0148. The van der Waals surface area contributed by atoms with E-state index in [1.54, 1.807) is 36.4 Å². The van der Waals surface area contributed by atoms with Gasteiger partial charge in [-0.1, -0.05) is 36.4 Å². The molecule has 0 aliphatic carbocycles. The number of anilines is 1. The van der Waals surface area contributed by atoms with Gasteiger partial charge >= 0.3 is 5.97 Å². The first-order valence-electron chi connectivity index (χ1n) is 9.50. The summed E-state index contributed by atoms with van der Waals surface area (Å²) < 4.78 is 16.3. The van der Waals surface area contributed by atoms with E-state index in [1.807, 2.05) is 24.3 Å². The Hall–Kier alpha value is -3.63. The van der Waals surface area contributed by atoms with Gasteiger partial charge in [0.25, 0.3) is 5.91 Å². The van der Waals surface area contributed by atoms with E-state index in [-0.39, 0.29) is 25.3 Å². The summed E-state index contributed by atoms with van der Waals surface area (Å²) in [6.07, 6.45) is -0.914. The van der Waals surface area contributed by atoms with E-state index >= 15 is 0 Å². The third-order valence-electron chi connectivity index (χ3n) is 4.59. The average molecular weight is 406 g/mol. The number of hydrogen-bond donors (Lipinski definition) is 0. The van der Waals surface area contributed by atoms with Crippen LogP contribution in [0.5, 0.6) is 0 Å². The fraction of sp³-hybridized carbons (Fsp3) is 0.261. The Morgan fingerprint density at radius 1 is 1.13 bits per heavy atom. The second kappa shape index (κ2) is 9.72. The number of esters is 1. The van der Waals surface area contributed by atoms with E-state index in [0.717, 1.165) is 5.39 Å². The highest BCUT2D eigenvalue weighted by molar-refractivity contribution is 6.00. The van der Waals surface area contributed by atoms with E-state index in [2.05, 4.69) is 0 Å². The van der Waals surface area contributed by atoms with Gasteiger partial charge in [-0.2, -0.15) is 5.26 Å². The number of amides is 1. The van der Waals surface area contributed by atoms with E-state index in [9.17, 15) is 9.59 Å². The van der Waals surface area contributed by atoms with E-state index in [0.29, 0.717) is 16.8 Å². The largest absolute Gasteiger partial charge is 0.449 e. The molecule has 1 aromatic heterocycles. The van der Waals surface area contributed by atoms with Crippen molar-refractivity contribution in [3.63, 3.8) is 0 Å². The molecule has 0 spiro atoms. The van der Waals surface area contributed by atoms with Crippen LogP contribution in [-0.2, 0) is 20.9 Å². The lowest BCUT2D eigenvalue weighted by Gasteiger charge is -2.25. The smallest absolute Gasteiger partial charge is 0.375 e. The first-order valence-corrected chi connectivity index (χ1v) is 9.50. The number of nitriles is 1. The molecule has 1 heterocycles. The third kappa shape index (κ3) is 4.50. The van der Waals surface area contributed by atoms with E-state index in [4.69, 9.17) is 19.2 Å². The second-order valence-electron chi connectivity index (χ2n) is 6.62. The fourth-order valence-corrected chi connectivity index (χ4v) is 3.17. The maximum absolute atomic E-state index is 13.0. The highest BCUT2D eigenvalue weighted by atomic mass is 16.6. The SMILES string of the molecule is COCc1c(C(=O)O[C@H](C)C(=O)N(CCC#N)c2ccccc2)oc2ccccc12. The maximum Gasteiger partial charge on any atom is 0.375 e. The van der Waals surface area contributed by atoms with Gasteiger partial charge in [0.1, 0.15) is 5.58 Å². The number of benzene rings is 2. The Morgan fingerprint density at radius 3 is 2.53 bits per heavy atom. The zero-order chi connectivity index (χ0) is 21.5. The molecule has 3 rings (SSSR count). The number of methoxy groups -OCH3 is 1.